The standard InChI is InChI=1S/C25H23ClN4O5/c1-16-6-3-4-9-20(16)29-23(31)15-35-21-11-10-17(12-22(21)34-2)14-27-30-25(33)24(32)28-19-8-5-7-18(26)13-19/h3-14H,15H2,1-2H3,(H,28,32)(H,29,31)(H,30,33)/b27-14-. The van der Waals surface area contributed by atoms with E-state index in [0.717, 1.165) is 5.56 Å². The largest absolute Gasteiger partial charge is 0.493 e. The van der Waals surface area contributed by atoms with Crippen LogP contribution in [0.15, 0.2) is 71.8 Å². The van der Waals surface area contributed by atoms with Crippen LogP contribution in [0.4, 0.5) is 11.4 Å². The zero-order valence-electron chi connectivity index (χ0n) is 19.0. The van der Waals surface area contributed by atoms with E-state index in [-0.39, 0.29) is 12.5 Å². The second-order valence-corrected chi connectivity index (χ2v) is 7.66. The van der Waals surface area contributed by atoms with Crippen LogP contribution < -0.4 is 25.5 Å². The van der Waals surface area contributed by atoms with Crippen LogP contribution in [-0.2, 0) is 14.4 Å². The summed E-state index contributed by atoms with van der Waals surface area (Å²) in [5.74, 6) is -1.44. The lowest BCUT2D eigenvalue weighted by molar-refractivity contribution is -0.136. The van der Waals surface area contributed by atoms with Crippen molar-refractivity contribution in [3.8, 4) is 11.5 Å². The van der Waals surface area contributed by atoms with Crippen molar-refractivity contribution in [1.29, 1.82) is 0 Å². The lowest BCUT2D eigenvalue weighted by atomic mass is 10.2. The predicted molar refractivity (Wildman–Crippen MR) is 134 cm³/mol. The Morgan fingerprint density at radius 1 is 0.943 bits per heavy atom. The van der Waals surface area contributed by atoms with Crippen molar-refractivity contribution in [2.45, 2.75) is 6.92 Å². The topological polar surface area (TPSA) is 118 Å². The molecule has 0 atom stereocenters. The molecule has 3 amide bonds. The van der Waals surface area contributed by atoms with Crippen LogP contribution >= 0.6 is 11.6 Å². The first-order valence-electron chi connectivity index (χ1n) is 10.4. The fourth-order valence-electron chi connectivity index (χ4n) is 2.90. The van der Waals surface area contributed by atoms with Crippen molar-refractivity contribution in [1.82, 2.24) is 5.43 Å². The molecule has 3 rings (SSSR count). The van der Waals surface area contributed by atoms with Crippen LogP contribution in [0.25, 0.3) is 0 Å². The van der Waals surface area contributed by atoms with Crippen molar-refractivity contribution in [2.75, 3.05) is 24.4 Å². The highest BCUT2D eigenvalue weighted by atomic mass is 35.5. The Morgan fingerprint density at radius 2 is 1.74 bits per heavy atom. The van der Waals surface area contributed by atoms with E-state index in [9.17, 15) is 14.4 Å². The maximum atomic E-state index is 12.2. The average molecular weight is 495 g/mol. The first kappa shape index (κ1) is 25.3. The van der Waals surface area contributed by atoms with Gasteiger partial charge in [0.2, 0.25) is 0 Å². The second kappa shape index (κ2) is 12.2. The summed E-state index contributed by atoms with van der Waals surface area (Å²) < 4.78 is 10.9. The first-order valence-corrected chi connectivity index (χ1v) is 10.8. The molecule has 0 aliphatic heterocycles. The summed E-state index contributed by atoms with van der Waals surface area (Å²) in [6.45, 7) is 1.68. The number of carbonyl (C=O) groups is 3. The molecular weight excluding hydrogens is 472 g/mol. The molecule has 0 saturated carbocycles. The lowest BCUT2D eigenvalue weighted by Crippen LogP contribution is -2.32. The molecule has 0 heterocycles. The maximum absolute atomic E-state index is 12.2. The highest BCUT2D eigenvalue weighted by molar-refractivity contribution is 6.39. The molecular formula is C25H23ClN4O5. The van der Waals surface area contributed by atoms with Gasteiger partial charge in [0, 0.05) is 16.4 Å². The van der Waals surface area contributed by atoms with Gasteiger partial charge in [-0.1, -0.05) is 35.9 Å². The number of nitrogens with zero attached hydrogens (tertiary/aromatic N) is 1. The second-order valence-electron chi connectivity index (χ2n) is 7.23. The van der Waals surface area contributed by atoms with Gasteiger partial charge in [0.1, 0.15) is 0 Å². The van der Waals surface area contributed by atoms with Gasteiger partial charge in [-0.15, -0.1) is 0 Å². The Labute approximate surface area is 207 Å². The van der Waals surface area contributed by atoms with Gasteiger partial charge in [-0.3, -0.25) is 14.4 Å². The number of hydrogen-bond acceptors (Lipinski definition) is 6. The number of ether oxygens (including phenoxy) is 2. The van der Waals surface area contributed by atoms with Crippen molar-refractivity contribution in [2.24, 2.45) is 5.10 Å². The van der Waals surface area contributed by atoms with E-state index in [1.54, 1.807) is 36.4 Å². The average Bonchev–Trinajstić information content (AvgIpc) is 2.84. The molecule has 0 aliphatic carbocycles. The molecule has 180 valence electrons. The van der Waals surface area contributed by atoms with Crippen LogP contribution in [0.1, 0.15) is 11.1 Å². The van der Waals surface area contributed by atoms with Gasteiger partial charge in [-0.05, 0) is 60.5 Å². The molecule has 0 aromatic heterocycles. The minimum Gasteiger partial charge on any atom is -0.493 e. The van der Waals surface area contributed by atoms with E-state index < -0.39 is 11.8 Å². The van der Waals surface area contributed by atoms with Crippen LogP contribution in [0.2, 0.25) is 5.02 Å². The summed E-state index contributed by atoms with van der Waals surface area (Å²) >= 11 is 5.85. The molecule has 0 bridgehead atoms. The Balaban J connectivity index is 1.53. The number of halogens is 1. The third kappa shape index (κ3) is 7.58. The number of aryl methyl sites for hydroxylation is 1. The summed E-state index contributed by atoms with van der Waals surface area (Å²) in [6, 6.07) is 18.7. The number of methoxy groups -OCH3 is 1. The van der Waals surface area contributed by atoms with Crippen LogP contribution in [-0.4, -0.2) is 37.7 Å². The Morgan fingerprint density at radius 3 is 2.49 bits per heavy atom. The maximum Gasteiger partial charge on any atom is 0.329 e. The number of hydrazone groups is 1. The van der Waals surface area contributed by atoms with E-state index >= 15 is 0 Å². The fraction of sp³-hybridized carbons (Fsp3) is 0.120. The number of nitrogens with one attached hydrogen (secondary N) is 3. The molecule has 0 radical (unpaired) electrons. The Bertz CT molecular complexity index is 1260. The first-order chi connectivity index (χ1) is 16.9. The predicted octanol–water partition coefficient (Wildman–Crippen LogP) is 3.76. The molecule has 9 nitrogen and oxygen atoms in total. The van der Waals surface area contributed by atoms with Gasteiger partial charge in [-0.25, -0.2) is 5.43 Å². The Kier molecular flexibility index (Phi) is 8.80. The van der Waals surface area contributed by atoms with Gasteiger partial charge < -0.3 is 20.1 Å². The van der Waals surface area contributed by atoms with Gasteiger partial charge in [0.25, 0.3) is 5.91 Å². The summed E-state index contributed by atoms with van der Waals surface area (Å²) in [7, 11) is 1.46. The minimum atomic E-state index is -0.951. The number of carbonyl (C=O) groups excluding carboxylic acids is 3. The molecule has 0 fully saturated rings. The number of amides is 3. The normalized spacial score (nSPS) is 10.5. The Hall–Kier alpha value is -4.37. The minimum absolute atomic E-state index is 0.212. The highest BCUT2D eigenvalue weighted by Crippen LogP contribution is 2.27. The van der Waals surface area contributed by atoms with Crippen molar-refractivity contribution < 1.29 is 23.9 Å². The van der Waals surface area contributed by atoms with E-state index in [4.69, 9.17) is 21.1 Å². The lowest BCUT2D eigenvalue weighted by Gasteiger charge is -2.12. The molecule has 35 heavy (non-hydrogen) atoms. The molecule has 3 N–H and O–H groups in total. The van der Waals surface area contributed by atoms with Gasteiger partial charge in [-0.2, -0.15) is 5.10 Å². The smallest absolute Gasteiger partial charge is 0.329 e. The van der Waals surface area contributed by atoms with Crippen LogP contribution in [0.3, 0.4) is 0 Å². The summed E-state index contributed by atoms with van der Waals surface area (Å²) in [6.07, 6.45) is 1.34. The van der Waals surface area contributed by atoms with Crippen molar-refractivity contribution in [3.63, 3.8) is 0 Å². The third-order valence-electron chi connectivity index (χ3n) is 4.63. The molecule has 0 unspecified atom stereocenters. The van der Waals surface area contributed by atoms with Crippen molar-refractivity contribution >= 4 is 46.9 Å². The van der Waals surface area contributed by atoms with E-state index in [2.05, 4.69) is 21.2 Å². The molecule has 0 aliphatic rings. The number of para-hydroxylation sites is 1. The SMILES string of the molecule is COc1cc(/C=N\NC(=O)C(=O)Nc2cccc(Cl)c2)ccc1OCC(=O)Nc1ccccc1C. The summed E-state index contributed by atoms with van der Waals surface area (Å²) in [4.78, 5) is 36.1. The number of rotatable bonds is 8. The molecule has 3 aromatic rings. The van der Waals surface area contributed by atoms with E-state index in [1.165, 1.54) is 19.4 Å². The number of hydrogen-bond donors (Lipinski definition) is 3. The molecule has 0 saturated heterocycles. The zero-order valence-corrected chi connectivity index (χ0v) is 19.8. The number of anilines is 2. The molecule has 10 heteroatoms. The van der Waals surface area contributed by atoms with Crippen molar-refractivity contribution in [3.05, 3.63) is 82.9 Å². The van der Waals surface area contributed by atoms with E-state index in [0.29, 0.717) is 33.5 Å². The molecule has 0 spiro atoms. The van der Waals surface area contributed by atoms with Crippen LogP contribution in [0, 0.1) is 6.92 Å². The van der Waals surface area contributed by atoms with Gasteiger partial charge >= 0.3 is 11.8 Å². The van der Waals surface area contributed by atoms with Gasteiger partial charge in [0.15, 0.2) is 18.1 Å². The third-order valence-corrected chi connectivity index (χ3v) is 4.87. The molecule has 3 aromatic carbocycles. The quantitative estimate of drug-likeness (QED) is 0.250. The van der Waals surface area contributed by atoms with Crippen LogP contribution in [0.5, 0.6) is 11.5 Å². The number of benzene rings is 3. The zero-order chi connectivity index (χ0) is 25.2. The highest BCUT2D eigenvalue weighted by Gasteiger charge is 2.13. The summed E-state index contributed by atoms with van der Waals surface area (Å²) in [5.41, 5.74) is 4.75. The van der Waals surface area contributed by atoms with Gasteiger partial charge in [0.05, 0.1) is 13.3 Å². The monoisotopic (exact) mass is 494 g/mol. The summed E-state index contributed by atoms with van der Waals surface area (Å²) in [5, 5.41) is 9.42. The fourth-order valence-corrected chi connectivity index (χ4v) is 3.09. The van der Waals surface area contributed by atoms with E-state index in [1.807, 2.05) is 31.2 Å².